The molecule has 1 fully saturated rings. The molecule has 9 heteroatoms. The Labute approximate surface area is 155 Å². The van der Waals surface area contributed by atoms with Crippen LogP contribution in [0.1, 0.15) is 19.3 Å². The summed E-state index contributed by atoms with van der Waals surface area (Å²) in [5, 5.41) is 7.19. The molecule has 1 aromatic heterocycles. The molecule has 0 saturated heterocycles. The van der Waals surface area contributed by atoms with E-state index in [0.717, 1.165) is 24.2 Å². The topological polar surface area (TPSA) is 104 Å². The zero-order valence-corrected chi connectivity index (χ0v) is 15.5. The Hall–Kier alpha value is -2.23. The summed E-state index contributed by atoms with van der Waals surface area (Å²) in [7, 11) is -3.56. The molecule has 1 aromatic carbocycles. The van der Waals surface area contributed by atoms with Crippen LogP contribution >= 0.6 is 11.3 Å². The highest BCUT2D eigenvalue weighted by atomic mass is 32.2. The van der Waals surface area contributed by atoms with Gasteiger partial charge in [-0.15, -0.1) is 11.3 Å². The fraction of sp³-hybridized carbons (Fsp3) is 0.294. The number of carbonyl (C=O) groups excluding carboxylic acids is 2. The highest BCUT2D eigenvalue weighted by molar-refractivity contribution is 7.91. The molecule has 1 aliphatic carbocycles. The number of thiophene rings is 1. The summed E-state index contributed by atoms with van der Waals surface area (Å²) in [4.78, 5) is 23.6. The first-order chi connectivity index (χ1) is 12.4. The third-order valence-electron chi connectivity index (χ3n) is 3.79. The van der Waals surface area contributed by atoms with Crippen LogP contribution < -0.4 is 15.4 Å². The van der Waals surface area contributed by atoms with Gasteiger partial charge in [0, 0.05) is 30.3 Å². The van der Waals surface area contributed by atoms with Crippen molar-refractivity contribution in [3.05, 3.63) is 41.8 Å². The van der Waals surface area contributed by atoms with Crippen molar-refractivity contribution in [2.45, 2.75) is 23.5 Å². The molecular formula is C17H19N3O4S2. The van der Waals surface area contributed by atoms with Crippen LogP contribution in [0.25, 0.3) is 0 Å². The van der Waals surface area contributed by atoms with E-state index in [0.29, 0.717) is 11.4 Å². The lowest BCUT2D eigenvalue weighted by atomic mass is 10.2. The van der Waals surface area contributed by atoms with Gasteiger partial charge >= 0.3 is 0 Å². The van der Waals surface area contributed by atoms with Gasteiger partial charge in [-0.05, 0) is 48.6 Å². The van der Waals surface area contributed by atoms with Crippen molar-refractivity contribution in [2.24, 2.45) is 5.92 Å². The minimum atomic E-state index is -3.56. The van der Waals surface area contributed by atoms with E-state index in [1.54, 1.807) is 35.7 Å². The molecule has 0 bridgehead atoms. The van der Waals surface area contributed by atoms with Gasteiger partial charge in [0.1, 0.15) is 4.21 Å². The minimum Gasteiger partial charge on any atom is -0.326 e. The maximum absolute atomic E-state index is 11.9. The maximum Gasteiger partial charge on any atom is 0.250 e. The number of benzene rings is 1. The van der Waals surface area contributed by atoms with E-state index in [2.05, 4.69) is 15.4 Å². The van der Waals surface area contributed by atoms with Crippen LogP contribution in [0.3, 0.4) is 0 Å². The molecule has 0 aliphatic heterocycles. The number of hydrogen-bond acceptors (Lipinski definition) is 5. The molecule has 7 nitrogen and oxygen atoms in total. The molecule has 2 aromatic rings. The van der Waals surface area contributed by atoms with Crippen LogP contribution in [0.15, 0.2) is 46.0 Å². The number of hydrogen-bond donors (Lipinski definition) is 3. The molecule has 3 rings (SSSR count). The third kappa shape index (κ3) is 5.13. The summed E-state index contributed by atoms with van der Waals surface area (Å²) in [6.45, 7) is 0.0155. The lowest BCUT2D eigenvalue weighted by Crippen LogP contribution is -2.27. The maximum atomic E-state index is 11.9. The van der Waals surface area contributed by atoms with E-state index < -0.39 is 10.0 Å². The number of anilines is 2. The summed E-state index contributed by atoms with van der Waals surface area (Å²) < 4.78 is 26.5. The number of carbonyl (C=O) groups is 2. The lowest BCUT2D eigenvalue weighted by Gasteiger charge is -2.08. The van der Waals surface area contributed by atoms with Crippen molar-refractivity contribution in [1.82, 2.24) is 4.72 Å². The monoisotopic (exact) mass is 393 g/mol. The molecule has 3 N–H and O–H groups in total. The number of rotatable bonds is 8. The third-order valence-corrected chi connectivity index (χ3v) is 6.65. The summed E-state index contributed by atoms with van der Waals surface area (Å²) in [6.07, 6.45) is 1.90. The van der Waals surface area contributed by atoms with Gasteiger partial charge in [0.15, 0.2) is 0 Å². The van der Waals surface area contributed by atoms with Crippen LogP contribution in [-0.2, 0) is 19.6 Å². The van der Waals surface area contributed by atoms with Gasteiger partial charge in [-0.2, -0.15) is 0 Å². The largest absolute Gasteiger partial charge is 0.326 e. The van der Waals surface area contributed by atoms with E-state index in [1.165, 1.54) is 6.07 Å². The van der Waals surface area contributed by atoms with Crippen molar-refractivity contribution in [3.63, 3.8) is 0 Å². The van der Waals surface area contributed by atoms with E-state index >= 15 is 0 Å². The minimum absolute atomic E-state index is 0.0155. The smallest absolute Gasteiger partial charge is 0.250 e. The highest BCUT2D eigenvalue weighted by Crippen LogP contribution is 2.30. The van der Waals surface area contributed by atoms with Crippen molar-refractivity contribution in [1.29, 1.82) is 0 Å². The molecule has 1 heterocycles. The van der Waals surface area contributed by atoms with E-state index in [1.807, 2.05) is 0 Å². The van der Waals surface area contributed by atoms with E-state index in [9.17, 15) is 18.0 Å². The van der Waals surface area contributed by atoms with Crippen molar-refractivity contribution < 1.29 is 18.0 Å². The Bertz CT molecular complexity index is 873. The molecule has 2 amide bonds. The molecule has 0 radical (unpaired) electrons. The van der Waals surface area contributed by atoms with Crippen LogP contribution in [0.4, 0.5) is 11.4 Å². The number of amides is 2. The second kappa shape index (κ2) is 7.98. The highest BCUT2D eigenvalue weighted by Gasteiger charge is 2.29. The molecule has 26 heavy (non-hydrogen) atoms. The second-order valence-electron chi connectivity index (χ2n) is 5.97. The second-order valence-corrected chi connectivity index (χ2v) is 8.91. The van der Waals surface area contributed by atoms with Gasteiger partial charge in [-0.3, -0.25) is 9.59 Å². The average Bonchev–Trinajstić information content (AvgIpc) is 3.30. The average molecular weight is 393 g/mol. The molecule has 0 spiro atoms. The van der Waals surface area contributed by atoms with Crippen molar-refractivity contribution in [2.75, 3.05) is 17.2 Å². The van der Waals surface area contributed by atoms with Gasteiger partial charge in [0.25, 0.3) is 0 Å². The lowest BCUT2D eigenvalue weighted by molar-refractivity contribution is -0.117. The van der Waals surface area contributed by atoms with Gasteiger partial charge < -0.3 is 10.6 Å². The first-order valence-corrected chi connectivity index (χ1v) is 10.5. The Morgan fingerprint density at radius 3 is 2.27 bits per heavy atom. The van der Waals surface area contributed by atoms with Crippen LogP contribution in [0, 0.1) is 5.92 Å². The van der Waals surface area contributed by atoms with Crippen LogP contribution in [0.5, 0.6) is 0 Å². The van der Waals surface area contributed by atoms with Crippen LogP contribution in [0.2, 0.25) is 0 Å². The predicted molar refractivity (Wildman–Crippen MR) is 101 cm³/mol. The zero-order valence-electron chi connectivity index (χ0n) is 13.9. The van der Waals surface area contributed by atoms with Crippen molar-refractivity contribution >= 4 is 44.5 Å². The molecule has 1 saturated carbocycles. The van der Waals surface area contributed by atoms with Crippen molar-refractivity contribution in [3.8, 4) is 0 Å². The quantitative estimate of drug-likeness (QED) is 0.640. The SMILES string of the molecule is O=C(CCNS(=O)(=O)c1cccs1)Nc1ccc(NC(=O)C2CC2)cc1. The fourth-order valence-corrected chi connectivity index (χ4v) is 4.31. The van der Waals surface area contributed by atoms with E-state index in [-0.39, 0.29) is 34.9 Å². The molecule has 0 unspecified atom stereocenters. The summed E-state index contributed by atoms with van der Waals surface area (Å²) in [5.74, 6) is -0.138. The van der Waals surface area contributed by atoms with Gasteiger partial charge in [-0.1, -0.05) is 6.07 Å². The van der Waals surface area contributed by atoms with Gasteiger partial charge in [0.05, 0.1) is 0 Å². The molecular weight excluding hydrogens is 374 g/mol. The Balaban J connectivity index is 1.43. The Morgan fingerprint density at radius 1 is 1.04 bits per heavy atom. The summed E-state index contributed by atoms with van der Waals surface area (Å²) in [6, 6.07) is 9.98. The fourth-order valence-electron chi connectivity index (χ4n) is 2.24. The Morgan fingerprint density at radius 2 is 1.69 bits per heavy atom. The van der Waals surface area contributed by atoms with Crippen LogP contribution in [-0.4, -0.2) is 26.8 Å². The number of sulfonamides is 1. The first kappa shape index (κ1) is 18.6. The van der Waals surface area contributed by atoms with Gasteiger partial charge in [0.2, 0.25) is 21.8 Å². The summed E-state index contributed by atoms with van der Waals surface area (Å²) in [5.41, 5.74) is 1.27. The molecule has 1 aliphatic rings. The number of nitrogens with one attached hydrogen (secondary N) is 3. The van der Waals surface area contributed by atoms with Gasteiger partial charge in [-0.25, -0.2) is 13.1 Å². The summed E-state index contributed by atoms with van der Waals surface area (Å²) >= 11 is 1.12. The normalized spacial score (nSPS) is 14.0. The predicted octanol–water partition coefficient (Wildman–Crippen LogP) is 2.40. The first-order valence-electron chi connectivity index (χ1n) is 8.18. The zero-order chi connectivity index (χ0) is 18.6. The standard InChI is InChI=1S/C17H19N3O4S2/c21-15(9-10-18-26(23,24)16-2-1-11-25-16)19-13-5-7-14(8-6-13)20-17(22)12-3-4-12/h1-2,5-8,11-12,18H,3-4,9-10H2,(H,19,21)(H,20,22). The molecule has 138 valence electrons. The Kier molecular flexibility index (Phi) is 5.70. The molecule has 0 atom stereocenters. The van der Waals surface area contributed by atoms with E-state index in [4.69, 9.17) is 0 Å².